The summed E-state index contributed by atoms with van der Waals surface area (Å²) < 4.78 is 10.8. The zero-order chi connectivity index (χ0) is 22.7. The Morgan fingerprint density at radius 3 is 2.62 bits per heavy atom. The van der Waals surface area contributed by atoms with Crippen molar-refractivity contribution in [1.29, 1.82) is 0 Å². The van der Waals surface area contributed by atoms with Gasteiger partial charge in [0.1, 0.15) is 6.10 Å². The number of carbonyl (C=O) groups is 1. The maximum atomic E-state index is 12.3. The molecule has 5 rings (SSSR count). The van der Waals surface area contributed by atoms with E-state index in [-0.39, 0.29) is 34.6 Å². The Morgan fingerprint density at radius 2 is 1.91 bits per heavy atom. The summed E-state index contributed by atoms with van der Waals surface area (Å²) in [4.78, 5) is 23.2. The van der Waals surface area contributed by atoms with Gasteiger partial charge in [-0.1, -0.05) is 13.8 Å². The summed E-state index contributed by atoms with van der Waals surface area (Å²) in [6, 6.07) is 3.40. The van der Waals surface area contributed by atoms with Crippen molar-refractivity contribution < 1.29 is 19.1 Å². The number of aliphatic hydroxyl groups is 1. The average Bonchev–Trinajstić information content (AvgIpc) is 3.06. The fraction of sp³-hybridized carbons (Fsp3) is 0.769. The summed E-state index contributed by atoms with van der Waals surface area (Å²) in [5.74, 6) is 1.58. The molecule has 2 N–H and O–H groups in total. The molecule has 32 heavy (non-hydrogen) atoms. The number of hydrogen-bond acceptors (Lipinski definition) is 5. The number of hydrogen-bond donors (Lipinski definition) is 2. The van der Waals surface area contributed by atoms with Crippen LogP contribution in [0.5, 0.6) is 0 Å². The van der Waals surface area contributed by atoms with Crippen LogP contribution >= 0.6 is 0 Å². The molecule has 4 fully saturated rings. The molecule has 4 aliphatic carbocycles. The van der Waals surface area contributed by atoms with Gasteiger partial charge in [0.25, 0.3) is 0 Å². The molecule has 0 bridgehead atoms. The molecule has 0 aromatic carbocycles. The highest BCUT2D eigenvalue weighted by Gasteiger charge is 2.67. The van der Waals surface area contributed by atoms with Gasteiger partial charge in [0, 0.05) is 18.5 Å². The number of alkyl carbamates (subject to hydrolysis) is 1. The van der Waals surface area contributed by atoms with E-state index in [2.05, 4.69) is 19.2 Å². The summed E-state index contributed by atoms with van der Waals surface area (Å²) in [7, 11) is 1.61. The molecule has 0 radical (unpaired) electrons. The van der Waals surface area contributed by atoms with Crippen LogP contribution in [0.3, 0.4) is 0 Å². The fourth-order valence-corrected chi connectivity index (χ4v) is 8.60. The van der Waals surface area contributed by atoms with E-state index < -0.39 is 5.60 Å². The monoisotopic (exact) mass is 443 g/mol. The minimum absolute atomic E-state index is 0.00474. The van der Waals surface area contributed by atoms with Crippen LogP contribution in [0.2, 0.25) is 0 Å². The molecule has 0 spiro atoms. The molecule has 0 saturated heterocycles. The Labute approximate surface area is 190 Å². The smallest absolute Gasteiger partial charge is 0.407 e. The Kier molecular flexibility index (Phi) is 5.23. The van der Waals surface area contributed by atoms with Crippen molar-refractivity contribution in [2.75, 3.05) is 7.05 Å². The van der Waals surface area contributed by atoms with Crippen molar-refractivity contribution in [2.45, 2.75) is 89.3 Å². The predicted molar refractivity (Wildman–Crippen MR) is 120 cm³/mol. The van der Waals surface area contributed by atoms with Crippen LogP contribution in [0, 0.1) is 28.6 Å². The number of carbonyl (C=O) groups excluding carboxylic acids is 1. The van der Waals surface area contributed by atoms with E-state index in [9.17, 15) is 14.7 Å². The molecule has 1 heterocycles. The van der Waals surface area contributed by atoms with Gasteiger partial charge in [-0.2, -0.15) is 0 Å². The molecule has 4 saturated carbocycles. The molecule has 4 aliphatic rings. The second-order valence-corrected chi connectivity index (χ2v) is 11.4. The normalized spacial score (nSPS) is 45.3. The van der Waals surface area contributed by atoms with Crippen molar-refractivity contribution in [3.8, 4) is 0 Å². The first kappa shape index (κ1) is 22.0. The first-order valence-corrected chi connectivity index (χ1v) is 12.4. The van der Waals surface area contributed by atoms with Crippen LogP contribution in [0.4, 0.5) is 4.79 Å². The van der Waals surface area contributed by atoms with Crippen molar-refractivity contribution in [3.63, 3.8) is 0 Å². The molecule has 176 valence electrons. The lowest BCUT2D eigenvalue weighted by molar-refractivity contribution is -0.205. The van der Waals surface area contributed by atoms with E-state index in [4.69, 9.17) is 9.15 Å². The summed E-state index contributed by atoms with van der Waals surface area (Å²) in [6.45, 7) is 4.71. The largest absolute Gasteiger partial charge is 0.446 e. The molecule has 1 amide bonds. The Hall–Kier alpha value is -1.82. The molecule has 0 aliphatic heterocycles. The van der Waals surface area contributed by atoms with Gasteiger partial charge >= 0.3 is 11.7 Å². The molecule has 1 aromatic heterocycles. The lowest BCUT2D eigenvalue weighted by Gasteiger charge is -2.63. The van der Waals surface area contributed by atoms with Crippen molar-refractivity contribution >= 4 is 6.09 Å². The number of nitrogens with one attached hydrogen (secondary N) is 1. The minimum atomic E-state index is -0.680. The minimum Gasteiger partial charge on any atom is -0.446 e. The highest BCUT2D eigenvalue weighted by atomic mass is 16.6. The molecular weight excluding hydrogens is 406 g/mol. The number of ether oxygens (including phenoxy) is 1. The molecule has 1 unspecified atom stereocenters. The molecule has 8 atom stereocenters. The number of fused-ring (bicyclic) bond motifs is 5. The van der Waals surface area contributed by atoms with Crippen molar-refractivity contribution in [3.05, 3.63) is 34.4 Å². The van der Waals surface area contributed by atoms with E-state index >= 15 is 0 Å². The highest BCUT2D eigenvalue weighted by Crippen LogP contribution is 2.70. The summed E-state index contributed by atoms with van der Waals surface area (Å²) in [5.41, 5.74) is 0.0447. The van der Waals surface area contributed by atoms with Crippen LogP contribution < -0.4 is 10.9 Å². The SMILES string of the molecule is CNC(=O)OC1CC[C@@]2(C)[C@H](CC[C@@H]3[C@@H]2CC[C@]2(C)[C@@H](c4ccc(=O)oc4)CC[C@]32O)C1. The predicted octanol–water partition coefficient (Wildman–Crippen LogP) is 4.61. The lowest BCUT2D eigenvalue weighted by Crippen LogP contribution is -2.62. The summed E-state index contributed by atoms with van der Waals surface area (Å²) >= 11 is 0. The van der Waals surface area contributed by atoms with Gasteiger partial charge in [-0.15, -0.1) is 0 Å². The first-order valence-electron chi connectivity index (χ1n) is 12.4. The maximum absolute atomic E-state index is 12.3. The van der Waals surface area contributed by atoms with Crippen LogP contribution in [0.15, 0.2) is 27.6 Å². The van der Waals surface area contributed by atoms with Gasteiger partial charge in [0.15, 0.2) is 0 Å². The van der Waals surface area contributed by atoms with Crippen LogP contribution in [-0.4, -0.2) is 30.0 Å². The van der Waals surface area contributed by atoms with Crippen LogP contribution in [0.1, 0.15) is 83.1 Å². The van der Waals surface area contributed by atoms with Crippen LogP contribution in [-0.2, 0) is 4.74 Å². The van der Waals surface area contributed by atoms with Crippen LogP contribution in [0.25, 0.3) is 0 Å². The third-order valence-electron chi connectivity index (χ3n) is 10.4. The Balaban J connectivity index is 1.39. The van der Waals surface area contributed by atoms with Gasteiger partial charge in [-0.05, 0) is 98.5 Å². The third-order valence-corrected chi connectivity index (χ3v) is 10.4. The molecule has 6 heteroatoms. The second-order valence-electron chi connectivity index (χ2n) is 11.4. The number of amides is 1. The van der Waals surface area contributed by atoms with Gasteiger partial charge in [0.2, 0.25) is 0 Å². The second kappa shape index (κ2) is 7.61. The van der Waals surface area contributed by atoms with E-state index in [1.54, 1.807) is 13.3 Å². The third kappa shape index (κ3) is 3.08. The molecule has 1 aromatic rings. The van der Waals surface area contributed by atoms with Gasteiger partial charge < -0.3 is 19.6 Å². The van der Waals surface area contributed by atoms with E-state index in [0.29, 0.717) is 17.8 Å². The van der Waals surface area contributed by atoms with Gasteiger partial charge in [0.05, 0.1) is 11.9 Å². The van der Waals surface area contributed by atoms with E-state index in [1.165, 1.54) is 6.07 Å². The molecular formula is C26H37NO5. The summed E-state index contributed by atoms with van der Waals surface area (Å²) in [5, 5.41) is 14.9. The quantitative estimate of drug-likeness (QED) is 0.697. The Bertz CT molecular complexity index is 924. The highest BCUT2D eigenvalue weighted by molar-refractivity contribution is 5.66. The standard InChI is InChI=1S/C26H37NO5/c1-24-11-8-18(32-23(29)27-3)14-17(24)5-6-21-20(24)9-12-25(2)19(10-13-26(21,25)30)16-4-7-22(28)31-15-16/h4,7,15,17-21,30H,5-6,8-14H2,1-3H3,(H,27,29)/t17-,18?,19-,20+,21-,24+,25-,26+/m1/s1. The zero-order valence-electron chi connectivity index (χ0n) is 19.6. The van der Waals surface area contributed by atoms with Crippen molar-refractivity contribution in [1.82, 2.24) is 5.32 Å². The molecule has 6 nitrogen and oxygen atoms in total. The van der Waals surface area contributed by atoms with Gasteiger partial charge in [-0.3, -0.25) is 0 Å². The van der Waals surface area contributed by atoms with Crippen molar-refractivity contribution in [2.24, 2.45) is 28.6 Å². The topological polar surface area (TPSA) is 88.8 Å². The zero-order valence-corrected chi connectivity index (χ0v) is 19.6. The van der Waals surface area contributed by atoms with E-state index in [0.717, 1.165) is 63.4 Å². The lowest BCUT2D eigenvalue weighted by atomic mass is 9.43. The maximum Gasteiger partial charge on any atom is 0.407 e. The Morgan fingerprint density at radius 1 is 1.09 bits per heavy atom. The average molecular weight is 444 g/mol. The van der Waals surface area contributed by atoms with Gasteiger partial charge in [-0.25, -0.2) is 9.59 Å². The number of rotatable bonds is 2. The fourth-order valence-electron chi connectivity index (χ4n) is 8.60. The summed E-state index contributed by atoms with van der Waals surface area (Å²) in [6.07, 6.45) is 10.2. The first-order chi connectivity index (χ1) is 15.2. The van der Waals surface area contributed by atoms with E-state index in [1.807, 2.05) is 6.07 Å².